The van der Waals surface area contributed by atoms with Crippen LogP contribution in [0.25, 0.3) is 0 Å². The van der Waals surface area contributed by atoms with E-state index in [9.17, 15) is 22.4 Å². The molecule has 2 rings (SSSR count). The number of nitrogens with one attached hydrogen (secondary N) is 1. The SMILES string of the molecule is CCNC(=O)[C@@H](C)N(Cc1ccccc1F)C(=O)CN(c1cc(Cl)ccc1Cl)S(C)(=O)=O. The number of amides is 2. The summed E-state index contributed by atoms with van der Waals surface area (Å²) in [4.78, 5) is 26.8. The van der Waals surface area contributed by atoms with Crippen molar-refractivity contribution in [3.63, 3.8) is 0 Å². The number of carbonyl (C=O) groups is 2. The van der Waals surface area contributed by atoms with E-state index < -0.39 is 40.2 Å². The van der Waals surface area contributed by atoms with Gasteiger partial charge in [-0.25, -0.2) is 12.8 Å². The predicted octanol–water partition coefficient (Wildman–Crippen LogP) is 3.45. The van der Waals surface area contributed by atoms with E-state index in [2.05, 4.69) is 5.32 Å². The van der Waals surface area contributed by atoms with Gasteiger partial charge in [-0.2, -0.15) is 0 Å². The largest absolute Gasteiger partial charge is 0.355 e. The van der Waals surface area contributed by atoms with Gasteiger partial charge in [-0.05, 0) is 38.1 Å². The van der Waals surface area contributed by atoms with Crippen LogP contribution in [-0.4, -0.2) is 50.5 Å². The lowest BCUT2D eigenvalue weighted by atomic mass is 10.1. The Morgan fingerprint density at radius 1 is 1.16 bits per heavy atom. The molecule has 174 valence electrons. The first-order valence-electron chi connectivity index (χ1n) is 9.69. The minimum absolute atomic E-state index is 0.0199. The number of sulfonamides is 1. The van der Waals surface area contributed by atoms with Crippen LogP contribution in [-0.2, 0) is 26.2 Å². The average Bonchev–Trinajstić information content (AvgIpc) is 2.72. The minimum Gasteiger partial charge on any atom is -0.355 e. The number of nitrogens with zero attached hydrogens (tertiary/aromatic N) is 2. The highest BCUT2D eigenvalue weighted by Crippen LogP contribution is 2.31. The number of hydrogen-bond acceptors (Lipinski definition) is 4. The highest BCUT2D eigenvalue weighted by Gasteiger charge is 2.31. The quantitative estimate of drug-likeness (QED) is 0.567. The summed E-state index contributed by atoms with van der Waals surface area (Å²) in [5, 5.41) is 2.92. The zero-order valence-corrected chi connectivity index (χ0v) is 20.1. The number of anilines is 1. The number of benzene rings is 2. The van der Waals surface area contributed by atoms with Crippen LogP contribution in [0.4, 0.5) is 10.1 Å². The first kappa shape index (κ1) is 25.9. The lowest BCUT2D eigenvalue weighted by Crippen LogP contribution is -2.51. The normalized spacial score (nSPS) is 12.2. The maximum absolute atomic E-state index is 14.3. The van der Waals surface area contributed by atoms with Crippen molar-refractivity contribution in [2.75, 3.05) is 23.7 Å². The van der Waals surface area contributed by atoms with Crippen LogP contribution in [0.3, 0.4) is 0 Å². The summed E-state index contributed by atoms with van der Waals surface area (Å²) in [7, 11) is -3.95. The molecule has 0 heterocycles. The van der Waals surface area contributed by atoms with Gasteiger partial charge in [0, 0.05) is 23.7 Å². The molecule has 0 saturated heterocycles. The van der Waals surface area contributed by atoms with Crippen LogP contribution in [0.5, 0.6) is 0 Å². The van der Waals surface area contributed by atoms with Crippen molar-refractivity contribution < 1.29 is 22.4 Å². The Labute approximate surface area is 197 Å². The van der Waals surface area contributed by atoms with Crippen molar-refractivity contribution in [3.05, 3.63) is 63.9 Å². The maximum atomic E-state index is 14.3. The highest BCUT2D eigenvalue weighted by molar-refractivity contribution is 7.92. The first-order chi connectivity index (χ1) is 15.0. The van der Waals surface area contributed by atoms with Gasteiger partial charge in [0.2, 0.25) is 21.8 Å². The standard InChI is InChI=1S/C21H24Cl2FN3O4S/c1-4-25-21(29)14(2)26(12-15-7-5-6-8-18(15)24)20(28)13-27(32(3,30)31)19-11-16(22)9-10-17(19)23/h5-11,14H,4,12-13H2,1-3H3,(H,25,29)/t14-/m1/s1. The molecule has 0 aliphatic carbocycles. The van der Waals surface area contributed by atoms with E-state index in [0.717, 1.165) is 15.5 Å². The fourth-order valence-corrected chi connectivity index (χ4v) is 4.28. The Kier molecular flexibility index (Phi) is 8.89. The third-order valence-corrected chi connectivity index (χ3v) is 6.35. The summed E-state index contributed by atoms with van der Waals surface area (Å²) in [5.41, 5.74) is 0.204. The Morgan fingerprint density at radius 3 is 2.41 bits per heavy atom. The molecular weight excluding hydrogens is 480 g/mol. The lowest BCUT2D eigenvalue weighted by Gasteiger charge is -2.31. The molecule has 32 heavy (non-hydrogen) atoms. The van der Waals surface area contributed by atoms with Gasteiger partial charge in [-0.3, -0.25) is 13.9 Å². The number of halogens is 3. The van der Waals surface area contributed by atoms with Gasteiger partial charge in [0.1, 0.15) is 18.4 Å². The zero-order valence-electron chi connectivity index (χ0n) is 17.8. The number of likely N-dealkylation sites (N-methyl/N-ethyl adjacent to an activating group) is 1. The Balaban J connectivity index is 2.45. The van der Waals surface area contributed by atoms with E-state index in [1.807, 2.05) is 0 Å². The monoisotopic (exact) mass is 503 g/mol. The molecule has 2 amide bonds. The Hall–Kier alpha value is -2.36. The van der Waals surface area contributed by atoms with E-state index in [1.54, 1.807) is 13.0 Å². The van der Waals surface area contributed by atoms with Gasteiger partial charge in [0.15, 0.2) is 0 Å². The molecular formula is C21H24Cl2FN3O4S. The summed E-state index contributed by atoms with van der Waals surface area (Å²) in [5.74, 6) is -1.72. The van der Waals surface area contributed by atoms with Crippen molar-refractivity contribution in [2.45, 2.75) is 26.4 Å². The molecule has 2 aromatic carbocycles. The minimum atomic E-state index is -3.95. The fourth-order valence-electron chi connectivity index (χ4n) is 2.99. The van der Waals surface area contributed by atoms with E-state index in [0.29, 0.717) is 6.54 Å². The molecule has 1 atom stereocenters. The van der Waals surface area contributed by atoms with Crippen molar-refractivity contribution in [3.8, 4) is 0 Å². The van der Waals surface area contributed by atoms with Gasteiger partial charge in [0.05, 0.1) is 17.0 Å². The lowest BCUT2D eigenvalue weighted by molar-refractivity contribution is -0.139. The van der Waals surface area contributed by atoms with Crippen LogP contribution in [0, 0.1) is 5.82 Å². The van der Waals surface area contributed by atoms with Gasteiger partial charge in [-0.15, -0.1) is 0 Å². The van der Waals surface area contributed by atoms with Gasteiger partial charge >= 0.3 is 0 Å². The molecule has 2 aromatic rings. The van der Waals surface area contributed by atoms with E-state index in [1.165, 1.54) is 43.3 Å². The summed E-state index contributed by atoms with van der Waals surface area (Å²) < 4.78 is 40.0. The number of rotatable bonds is 9. The van der Waals surface area contributed by atoms with Crippen molar-refractivity contribution in [1.82, 2.24) is 10.2 Å². The molecule has 11 heteroatoms. The molecule has 0 radical (unpaired) electrons. The summed E-state index contributed by atoms with van der Waals surface area (Å²) in [6.07, 6.45) is 0.923. The third-order valence-electron chi connectivity index (χ3n) is 4.67. The van der Waals surface area contributed by atoms with Crippen molar-refractivity contribution >= 4 is 50.7 Å². The molecule has 0 aliphatic heterocycles. The zero-order chi connectivity index (χ0) is 24.1. The Morgan fingerprint density at radius 2 is 1.81 bits per heavy atom. The van der Waals surface area contributed by atoms with Gasteiger partial charge in [0.25, 0.3) is 0 Å². The third kappa shape index (κ3) is 6.57. The molecule has 0 spiro atoms. The summed E-state index contributed by atoms with van der Waals surface area (Å²) in [6.45, 7) is 2.65. The molecule has 0 aliphatic rings. The summed E-state index contributed by atoms with van der Waals surface area (Å²) in [6, 6.07) is 9.07. The maximum Gasteiger partial charge on any atom is 0.244 e. The van der Waals surface area contributed by atoms with E-state index in [-0.39, 0.29) is 27.8 Å². The first-order valence-corrected chi connectivity index (χ1v) is 12.3. The van der Waals surface area contributed by atoms with Crippen molar-refractivity contribution in [1.29, 1.82) is 0 Å². The van der Waals surface area contributed by atoms with Crippen LogP contribution in [0.15, 0.2) is 42.5 Å². The van der Waals surface area contributed by atoms with Crippen LogP contribution in [0.2, 0.25) is 10.0 Å². The number of hydrogen-bond donors (Lipinski definition) is 1. The average molecular weight is 504 g/mol. The molecule has 0 fully saturated rings. The van der Waals surface area contributed by atoms with E-state index in [4.69, 9.17) is 23.2 Å². The van der Waals surface area contributed by atoms with Crippen LogP contribution < -0.4 is 9.62 Å². The molecule has 0 saturated carbocycles. The van der Waals surface area contributed by atoms with Crippen LogP contribution in [0.1, 0.15) is 19.4 Å². The molecule has 7 nitrogen and oxygen atoms in total. The van der Waals surface area contributed by atoms with E-state index >= 15 is 0 Å². The fraction of sp³-hybridized carbons (Fsp3) is 0.333. The molecule has 0 bridgehead atoms. The van der Waals surface area contributed by atoms with Crippen molar-refractivity contribution in [2.24, 2.45) is 0 Å². The molecule has 0 aromatic heterocycles. The second kappa shape index (κ2) is 11.0. The second-order valence-electron chi connectivity index (χ2n) is 7.05. The second-order valence-corrected chi connectivity index (χ2v) is 9.80. The predicted molar refractivity (Wildman–Crippen MR) is 124 cm³/mol. The highest BCUT2D eigenvalue weighted by atomic mass is 35.5. The topological polar surface area (TPSA) is 86.8 Å². The number of carbonyl (C=O) groups excluding carboxylic acids is 2. The van der Waals surface area contributed by atoms with Gasteiger partial charge in [-0.1, -0.05) is 41.4 Å². The summed E-state index contributed by atoms with van der Waals surface area (Å²) >= 11 is 12.2. The molecule has 1 N–H and O–H groups in total. The van der Waals surface area contributed by atoms with Gasteiger partial charge < -0.3 is 10.2 Å². The van der Waals surface area contributed by atoms with Crippen LogP contribution >= 0.6 is 23.2 Å². The molecule has 0 unspecified atom stereocenters. The Bertz CT molecular complexity index is 1100. The smallest absolute Gasteiger partial charge is 0.244 e.